The lowest BCUT2D eigenvalue weighted by Crippen LogP contribution is -2.26. The van der Waals surface area contributed by atoms with Crippen molar-refractivity contribution < 1.29 is 9.63 Å². The third-order valence-electron chi connectivity index (χ3n) is 2.30. The van der Waals surface area contributed by atoms with Crippen LogP contribution in [0.4, 0.5) is 0 Å². The maximum absolute atomic E-state index is 11.8. The van der Waals surface area contributed by atoms with Crippen molar-refractivity contribution in [1.82, 2.24) is 5.06 Å². The van der Waals surface area contributed by atoms with Gasteiger partial charge in [0.2, 0.25) is 0 Å². The van der Waals surface area contributed by atoms with E-state index in [2.05, 4.69) is 15.9 Å². The second-order valence-corrected chi connectivity index (χ2v) is 4.26. The normalized spacial score (nSPS) is 10.2. The SMILES string of the molecule is CON(C)C(=O)c1cc(C)c(Br)cc1C. The molecule has 0 bridgehead atoms. The molecule has 1 aromatic rings. The summed E-state index contributed by atoms with van der Waals surface area (Å²) < 4.78 is 1.01. The monoisotopic (exact) mass is 271 g/mol. The summed E-state index contributed by atoms with van der Waals surface area (Å²) in [5, 5.41) is 1.22. The van der Waals surface area contributed by atoms with Crippen molar-refractivity contribution >= 4 is 21.8 Å². The van der Waals surface area contributed by atoms with E-state index < -0.39 is 0 Å². The Morgan fingerprint density at radius 3 is 2.47 bits per heavy atom. The van der Waals surface area contributed by atoms with Gasteiger partial charge in [0.25, 0.3) is 5.91 Å². The van der Waals surface area contributed by atoms with Crippen molar-refractivity contribution in [2.75, 3.05) is 14.2 Å². The van der Waals surface area contributed by atoms with Gasteiger partial charge < -0.3 is 0 Å². The number of aryl methyl sites for hydroxylation is 2. The molecule has 1 rings (SSSR count). The summed E-state index contributed by atoms with van der Waals surface area (Å²) >= 11 is 3.43. The summed E-state index contributed by atoms with van der Waals surface area (Å²) in [4.78, 5) is 16.7. The molecule has 15 heavy (non-hydrogen) atoms. The van der Waals surface area contributed by atoms with Crippen molar-refractivity contribution in [3.05, 3.63) is 33.3 Å². The maximum Gasteiger partial charge on any atom is 0.277 e. The third kappa shape index (κ3) is 2.58. The minimum atomic E-state index is -0.134. The Morgan fingerprint density at radius 1 is 1.33 bits per heavy atom. The van der Waals surface area contributed by atoms with Crippen molar-refractivity contribution in [2.24, 2.45) is 0 Å². The Morgan fingerprint density at radius 2 is 1.93 bits per heavy atom. The molecule has 0 radical (unpaired) electrons. The predicted molar refractivity (Wildman–Crippen MR) is 62.7 cm³/mol. The van der Waals surface area contributed by atoms with Crippen LogP contribution < -0.4 is 0 Å². The molecule has 1 amide bonds. The molecule has 0 unspecified atom stereocenters. The first-order valence-electron chi connectivity index (χ1n) is 4.56. The molecule has 0 saturated heterocycles. The molecule has 0 N–H and O–H groups in total. The Kier molecular flexibility index (Phi) is 3.88. The van der Waals surface area contributed by atoms with Gasteiger partial charge in [-0.1, -0.05) is 15.9 Å². The first-order chi connectivity index (χ1) is 6.97. The number of benzene rings is 1. The first kappa shape index (κ1) is 12.2. The van der Waals surface area contributed by atoms with Crippen LogP contribution in [0.15, 0.2) is 16.6 Å². The fourth-order valence-electron chi connectivity index (χ4n) is 1.26. The van der Waals surface area contributed by atoms with E-state index in [4.69, 9.17) is 4.84 Å². The number of hydrogen-bond donors (Lipinski definition) is 0. The summed E-state index contributed by atoms with van der Waals surface area (Å²) in [6.07, 6.45) is 0. The zero-order chi connectivity index (χ0) is 11.6. The van der Waals surface area contributed by atoms with Crippen molar-refractivity contribution in [3.8, 4) is 0 Å². The fourth-order valence-corrected chi connectivity index (χ4v) is 1.72. The minimum Gasteiger partial charge on any atom is -0.274 e. The van der Waals surface area contributed by atoms with E-state index in [9.17, 15) is 4.79 Å². The summed E-state index contributed by atoms with van der Waals surface area (Å²) in [6.45, 7) is 3.86. The Balaban J connectivity index is 3.15. The molecule has 4 heteroatoms. The lowest BCUT2D eigenvalue weighted by molar-refractivity contribution is -0.0757. The van der Waals surface area contributed by atoms with E-state index in [1.54, 1.807) is 7.05 Å². The molecule has 0 atom stereocenters. The van der Waals surface area contributed by atoms with Gasteiger partial charge in [-0.05, 0) is 37.1 Å². The zero-order valence-electron chi connectivity index (χ0n) is 9.30. The highest BCUT2D eigenvalue weighted by molar-refractivity contribution is 9.10. The van der Waals surface area contributed by atoms with Gasteiger partial charge in [-0.15, -0.1) is 0 Å². The van der Waals surface area contributed by atoms with E-state index in [1.807, 2.05) is 26.0 Å². The van der Waals surface area contributed by atoms with Gasteiger partial charge >= 0.3 is 0 Å². The highest BCUT2D eigenvalue weighted by Gasteiger charge is 2.14. The highest BCUT2D eigenvalue weighted by atomic mass is 79.9. The standard InChI is InChI=1S/C11H14BrNO2/c1-7-6-10(12)8(2)5-9(7)11(14)13(3)15-4/h5-6H,1-4H3. The lowest BCUT2D eigenvalue weighted by Gasteiger charge is -2.16. The van der Waals surface area contributed by atoms with Crippen LogP contribution in [0.25, 0.3) is 0 Å². The van der Waals surface area contributed by atoms with Crippen LogP contribution in [-0.4, -0.2) is 25.1 Å². The van der Waals surface area contributed by atoms with E-state index in [0.29, 0.717) is 5.56 Å². The molecule has 1 aromatic carbocycles. The number of carbonyl (C=O) groups is 1. The maximum atomic E-state index is 11.8. The van der Waals surface area contributed by atoms with Crippen LogP contribution in [0.1, 0.15) is 21.5 Å². The van der Waals surface area contributed by atoms with Crippen molar-refractivity contribution in [1.29, 1.82) is 0 Å². The van der Waals surface area contributed by atoms with Gasteiger partial charge in [0.15, 0.2) is 0 Å². The summed E-state index contributed by atoms with van der Waals surface area (Å²) in [5.74, 6) is -0.134. The molecule has 82 valence electrons. The number of amides is 1. The molecule has 0 saturated carbocycles. The largest absolute Gasteiger partial charge is 0.277 e. The third-order valence-corrected chi connectivity index (χ3v) is 3.15. The van der Waals surface area contributed by atoms with Crippen LogP contribution in [0.2, 0.25) is 0 Å². The molecule has 0 spiro atoms. The Bertz CT molecular complexity index is 390. The molecule has 0 aliphatic rings. The van der Waals surface area contributed by atoms with Crippen LogP contribution in [-0.2, 0) is 4.84 Å². The lowest BCUT2D eigenvalue weighted by atomic mass is 10.1. The van der Waals surface area contributed by atoms with E-state index in [1.165, 1.54) is 12.2 Å². The number of rotatable bonds is 2. The summed E-state index contributed by atoms with van der Waals surface area (Å²) in [6, 6.07) is 3.79. The van der Waals surface area contributed by atoms with Crippen LogP contribution in [0, 0.1) is 13.8 Å². The average Bonchev–Trinajstić information content (AvgIpc) is 2.21. The Labute approximate surface area is 98.1 Å². The summed E-state index contributed by atoms with van der Waals surface area (Å²) in [5.41, 5.74) is 2.63. The number of halogens is 1. The van der Waals surface area contributed by atoms with Gasteiger partial charge in [0.05, 0.1) is 7.11 Å². The first-order valence-corrected chi connectivity index (χ1v) is 5.35. The number of hydroxylamine groups is 2. The molecule has 3 nitrogen and oxygen atoms in total. The molecule has 0 aliphatic carbocycles. The van der Waals surface area contributed by atoms with E-state index in [-0.39, 0.29) is 5.91 Å². The highest BCUT2D eigenvalue weighted by Crippen LogP contribution is 2.21. The average molecular weight is 272 g/mol. The second kappa shape index (κ2) is 4.77. The van der Waals surface area contributed by atoms with Crippen molar-refractivity contribution in [2.45, 2.75) is 13.8 Å². The van der Waals surface area contributed by atoms with Crippen LogP contribution in [0.3, 0.4) is 0 Å². The molecule has 0 heterocycles. The van der Waals surface area contributed by atoms with Crippen molar-refractivity contribution in [3.63, 3.8) is 0 Å². The Hall–Kier alpha value is -0.870. The second-order valence-electron chi connectivity index (χ2n) is 3.40. The van der Waals surface area contributed by atoms with Crippen LogP contribution in [0.5, 0.6) is 0 Å². The van der Waals surface area contributed by atoms with Gasteiger partial charge in [-0.25, -0.2) is 5.06 Å². The van der Waals surface area contributed by atoms with Gasteiger partial charge in [0, 0.05) is 17.1 Å². The molecule has 0 aromatic heterocycles. The van der Waals surface area contributed by atoms with E-state index >= 15 is 0 Å². The summed E-state index contributed by atoms with van der Waals surface area (Å²) in [7, 11) is 3.07. The van der Waals surface area contributed by atoms with E-state index in [0.717, 1.165) is 15.6 Å². The van der Waals surface area contributed by atoms with Gasteiger partial charge in [-0.3, -0.25) is 9.63 Å². The fraction of sp³-hybridized carbons (Fsp3) is 0.364. The smallest absolute Gasteiger partial charge is 0.274 e. The van der Waals surface area contributed by atoms with Gasteiger partial charge in [-0.2, -0.15) is 0 Å². The molecule has 0 fully saturated rings. The number of hydrogen-bond acceptors (Lipinski definition) is 2. The quantitative estimate of drug-likeness (QED) is 0.775. The van der Waals surface area contributed by atoms with Gasteiger partial charge in [0.1, 0.15) is 0 Å². The topological polar surface area (TPSA) is 29.5 Å². The van der Waals surface area contributed by atoms with Crippen LogP contribution >= 0.6 is 15.9 Å². The zero-order valence-corrected chi connectivity index (χ0v) is 10.9. The predicted octanol–water partition coefficient (Wildman–Crippen LogP) is 2.70. The molecular weight excluding hydrogens is 258 g/mol. The molecular formula is C11H14BrNO2. The number of carbonyl (C=O) groups excluding carboxylic acids is 1. The minimum absolute atomic E-state index is 0.134. The number of nitrogens with zero attached hydrogens (tertiary/aromatic N) is 1. The molecule has 0 aliphatic heterocycles.